The Labute approximate surface area is 193 Å². The van der Waals surface area contributed by atoms with Crippen LogP contribution in [0, 0.1) is 5.92 Å². The molecular formula is C22H26Cl2N2O4S. The average molecular weight is 485 g/mol. The summed E-state index contributed by atoms with van der Waals surface area (Å²) in [4.78, 5) is 12.6. The zero-order chi connectivity index (χ0) is 22.4. The van der Waals surface area contributed by atoms with Gasteiger partial charge in [-0.05, 0) is 55.2 Å². The fraction of sp³-hybridized carbons (Fsp3) is 0.409. The van der Waals surface area contributed by atoms with Crippen LogP contribution in [0.1, 0.15) is 30.9 Å². The van der Waals surface area contributed by atoms with Gasteiger partial charge in [0.25, 0.3) is 0 Å². The molecule has 0 unspecified atom stereocenters. The van der Waals surface area contributed by atoms with Crippen LogP contribution in [0.25, 0.3) is 0 Å². The van der Waals surface area contributed by atoms with Gasteiger partial charge >= 0.3 is 0 Å². The Kier molecular flexibility index (Phi) is 8.22. The van der Waals surface area contributed by atoms with Crippen LogP contribution in [0.5, 0.6) is 5.75 Å². The molecule has 2 aromatic carbocycles. The molecule has 168 valence electrons. The van der Waals surface area contributed by atoms with Gasteiger partial charge in [-0.1, -0.05) is 41.4 Å². The van der Waals surface area contributed by atoms with E-state index in [9.17, 15) is 13.2 Å². The number of halogens is 2. The van der Waals surface area contributed by atoms with E-state index in [0.717, 1.165) is 11.3 Å². The Balaban J connectivity index is 1.51. The van der Waals surface area contributed by atoms with E-state index in [1.807, 2.05) is 31.2 Å². The van der Waals surface area contributed by atoms with Gasteiger partial charge in [0, 0.05) is 35.6 Å². The van der Waals surface area contributed by atoms with Crippen LogP contribution in [0.2, 0.25) is 10.0 Å². The summed E-state index contributed by atoms with van der Waals surface area (Å²) in [7, 11) is -3.53. The van der Waals surface area contributed by atoms with Crippen molar-refractivity contribution in [3.05, 3.63) is 63.6 Å². The third-order valence-corrected chi connectivity index (χ3v) is 7.66. The van der Waals surface area contributed by atoms with Gasteiger partial charge in [0.1, 0.15) is 5.75 Å². The molecule has 3 rings (SSSR count). The Morgan fingerprint density at radius 2 is 1.90 bits per heavy atom. The highest BCUT2D eigenvalue weighted by Gasteiger charge is 2.31. The molecule has 6 nitrogen and oxygen atoms in total. The average Bonchev–Trinajstić information content (AvgIpc) is 2.75. The quantitative estimate of drug-likeness (QED) is 0.607. The van der Waals surface area contributed by atoms with Gasteiger partial charge in [-0.2, -0.15) is 0 Å². The maximum atomic E-state index is 12.8. The number of nitrogens with zero attached hydrogens (tertiary/aromatic N) is 1. The van der Waals surface area contributed by atoms with Crippen molar-refractivity contribution in [1.82, 2.24) is 9.62 Å². The van der Waals surface area contributed by atoms with Crippen molar-refractivity contribution in [2.75, 3.05) is 19.7 Å². The number of rotatable bonds is 8. The van der Waals surface area contributed by atoms with E-state index in [1.54, 1.807) is 12.1 Å². The van der Waals surface area contributed by atoms with Crippen molar-refractivity contribution in [2.45, 2.75) is 32.1 Å². The lowest BCUT2D eigenvalue weighted by Gasteiger charge is -2.30. The molecule has 1 saturated heterocycles. The van der Waals surface area contributed by atoms with Gasteiger partial charge in [0.05, 0.1) is 12.4 Å². The summed E-state index contributed by atoms with van der Waals surface area (Å²) in [6, 6.07) is 12.4. The smallest absolute Gasteiger partial charge is 0.223 e. The summed E-state index contributed by atoms with van der Waals surface area (Å²) < 4.78 is 32.5. The Morgan fingerprint density at radius 3 is 2.58 bits per heavy atom. The number of sulfonamides is 1. The molecule has 1 N–H and O–H groups in total. The predicted octanol–water partition coefficient (Wildman–Crippen LogP) is 4.25. The lowest BCUT2D eigenvalue weighted by Crippen LogP contribution is -2.43. The Bertz CT molecular complexity index is 1020. The van der Waals surface area contributed by atoms with Crippen LogP contribution < -0.4 is 10.1 Å². The minimum Gasteiger partial charge on any atom is -0.494 e. The lowest BCUT2D eigenvalue weighted by atomic mass is 9.97. The van der Waals surface area contributed by atoms with Gasteiger partial charge in [0.2, 0.25) is 15.9 Å². The normalized spacial score (nSPS) is 15.6. The predicted molar refractivity (Wildman–Crippen MR) is 123 cm³/mol. The van der Waals surface area contributed by atoms with Crippen molar-refractivity contribution in [2.24, 2.45) is 5.92 Å². The molecule has 0 radical (unpaired) electrons. The van der Waals surface area contributed by atoms with Gasteiger partial charge in [0.15, 0.2) is 0 Å². The molecule has 0 aliphatic carbocycles. The van der Waals surface area contributed by atoms with E-state index in [1.165, 1.54) is 10.4 Å². The second-order valence-electron chi connectivity index (χ2n) is 7.46. The molecule has 1 aliphatic rings. The summed E-state index contributed by atoms with van der Waals surface area (Å²) in [6.45, 7) is 3.54. The zero-order valence-corrected chi connectivity index (χ0v) is 19.6. The molecule has 31 heavy (non-hydrogen) atoms. The first-order valence-electron chi connectivity index (χ1n) is 10.2. The van der Waals surface area contributed by atoms with E-state index < -0.39 is 10.0 Å². The van der Waals surface area contributed by atoms with E-state index in [0.29, 0.717) is 54.7 Å². The molecule has 0 bridgehead atoms. The van der Waals surface area contributed by atoms with Crippen molar-refractivity contribution < 1.29 is 17.9 Å². The summed E-state index contributed by atoms with van der Waals surface area (Å²) >= 11 is 12.0. The molecule has 0 spiro atoms. The topological polar surface area (TPSA) is 75.7 Å². The van der Waals surface area contributed by atoms with Crippen LogP contribution in [0.15, 0.2) is 42.5 Å². The van der Waals surface area contributed by atoms with Crippen molar-refractivity contribution in [3.63, 3.8) is 0 Å². The van der Waals surface area contributed by atoms with Gasteiger partial charge in [-0.25, -0.2) is 12.7 Å². The number of nitrogens with one attached hydrogen (secondary N) is 1. The maximum absolute atomic E-state index is 12.8. The van der Waals surface area contributed by atoms with Crippen LogP contribution in [-0.2, 0) is 27.1 Å². The maximum Gasteiger partial charge on any atom is 0.223 e. The van der Waals surface area contributed by atoms with Crippen LogP contribution in [-0.4, -0.2) is 38.3 Å². The molecule has 1 heterocycles. The van der Waals surface area contributed by atoms with E-state index in [2.05, 4.69) is 5.32 Å². The number of hydrogen-bond acceptors (Lipinski definition) is 4. The van der Waals surface area contributed by atoms with E-state index in [-0.39, 0.29) is 17.6 Å². The molecule has 1 fully saturated rings. The molecular weight excluding hydrogens is 459 g/mol. The molecule has 1 amide bonds. The summed E-state index contributed by atoms with van der Waals surface area (Å²) in [5.41, 5.74) is 1.47. The number of carbonyl (C=O) groups excluding carboxylic acids is 1. The first-order chi connectivity index (χ1) is 14.8. The number of benzene rings is 2. The highest BCUT2D eigenvalue weighted by Crippen LogP contribution is 2.26. The van der Waals surface area contributed by atoms with Crippen LogP contribution in [0.4, 0.5) is 0 Å². The number of piperidine rings is 1. The number of ether oxygens (including phenoxy) is 1. The largest absolute Gasteiger partial charge is 0.494 e. The molecule has 9 heteroatoms. The number of amides is 1. The molecule has 2 aromatic rings. The summed E-state index contributed by atoms with van der Waals surface area (Å²) in [5, 5.41) is 3.74. The standard InChI is InChI=1S/C22H26Cl2N2O4S/c1-2-30-20-5-3-4-16(12-20)14-25-22(27)17-8-10-26(11-9-17)31(28,29)15-18-6-7-19(23)13-21(18)24/h3-7,12-13,17H,2,8-11,14-15H2,1H3,(H,25,27). The number of carbonyl (C=O) groups is 1. The Morgan fingerprint density at radius 1 is 1.16 bits per heavy atom. The second kappa shape index (κ2) is 10.7. The fourth-order valence-corrected chi connectivity index (χ4v) is 5.72. The van der Waals surface area contributed by atoms with Crippen molar-refractivity contribution in [1.29, 1.82) is 0 Å². The highest BCUT2D eigenvalue weighted by atomic mass is 35.5. The van der Waals surface area contributed by atoms with E-state index in [4.69, 9.17) is 27.9 Å². The molecule has 0 atom stereocenters. The number of hydrogen-bond donors (Lipinski definition) is 1. The third kappa shape index (κ3) is 6.59. The lowest BCUT2D eigenvalue weighted by molar-refractivity contribution is -0.126. The third-order valence-electron chi connectivity index (χ3n) is 5.25. The first-order valence-corrected chi connectivity index (χ1v) is 12.6. The SMILES string of the molecule is CCOc1cccc(CNC(=O)C2CCN(S(=O)(=O)Cc3ccc(Cl)cc3Cl)CC2)c1. The Hall–Kier alpha value is -1.80. The van der Waals surface area contributed by atoms with Gasteiger partial charge < -0.3 is 10.1 Å². The van der Waals surface area contributed by atoms with Crippen LogP contribution >= 0.6 is 23.2 Å². The van der Waals surface area contributed by atoms with Gasteiger partial charge in [-0.3, -0.25) is 4.79 Å². The zero-order valence-electron chi connectivity index (χ0n) is 17.3. The monoisotopic (exact) mass is 484 g/mol. The summed E-state index contributed by atoms with van der Waals surface area (Å²) in [5.74, 6) is 0.324. The summed E-state index contributed by atoms with van der Waals surface area (Å²) in [6.07, 6.45) is 0.969. The molecule has 0 saturated carbocycles. The first kappa shape index (κ1) is 23.9. The minimum atomic E-state index is -3.53. The van der Waals surface area contributed by atoms with Crippen molar-refractivity contribution >= 4 is 39.1 Å². The second-order valence-corrected chi connectivity index (χ2v) is 10.3. The van der Waals surface area contributed by atoms with Gasteiger partial charge in [-0.15, -0.1) is 0 Å². The molecule has 0 aromatic heterocycles. The highest BCUT2D eigenvalue weighted by molar-refractivity contribution is 7.88. The fourth-order valence-electron chi connectivity index (χ4n) is 3.57. The minimum absolute atomic E-state index is 0.0559. The van der Waals surface area contributed by atoms with E-state index >= 15 is 0 Å². The van der Waals surface area contributed by atoms with Crippen molar-refractivity contribution in [3.8, 4) is 5.75 Å². The van der Waals surface area contributed by atoms with Crippen LogP contribution in [0.3, 0.4) is 0 Å². The molecule has 1 aliphatic heterocycles.